The largest absolute Gasteiger partial charge is 0.338 e. The summed E-state index contributed by atoms with van der Waals surface area (Å²) in [7, 11) is 0. The van der Waals surface area contributed by atoms with Crippen LogP contribution in [0.3, 0.4) is 0 Å². The fourth-order valence-corrected chi connectivity index (χ4v) is 1.79. The van der Waals surface area contributed by atoms with Crippen LogP contribution in [0.5, 0.6) is 0 Å². The van der Waals surface area contributed by atoms with Crippen molar-refractivity contribution in [3.8, 4) is 0 Å². The summed E-state index contributed by atoms with van der Waals surface area (Å²) in [5, 5.41) is 3.22. The molecule has 0 radical (unpaired) electrons. The average Bonchev–Trinajstić information content (AvgIpc) is 2.65. The van der Waals surface area contributed by atoms with Crippen molar-refractivity contribution in [1.82, 2.24) is 10.2 Å². The second-order valence-corrected chi connectivity index (χ2v) is 3.96. The minimum Gasteiger partial charge on any atom is -0.338 e. The Labute approximate surface area is 86.2 Å². The van der Waals surface area contributed by atoms with Crippen LogP contribution in [0.15, 0.2) is 12.2 Å². The molecule has 0 aliphatic carbocycles. The molecule has 0 saturated carbocycles. The molecule has 80 valence electrons. The van der Waals surface area contributed by atoms with E-state index in [1.54, 1.807) is 0 Å². The van der Waals surface area contributed by atoms with Gasteiger partial charge in [0.25, 0.3) is 0 Å². The summed E-state index contributed by atoms with van der Waals surface area (Å²) >= 11 is 0. The van der Waals surface area contributed by atoms with E-state index in [0.717, 1.165) is 31.5 Å². The highest BCUT2D eigenvalue weighted by Crippen LogP contribution is 2.09. The van der Waals surface area contributed by atoms with E-state index in [1.165, 1.54) is 0 Å². The van der Waals surface area contributed by atoms with Gasteiger partial charge in [-0.2, -0.15) is 0 Å². The van der Waals surface area contributed by atoms with Crippen molar-refractivity contribution >= 4 is 5.91 Å². The van der Waals surface area contributed by atoms with Crippen molar-refractivity contribution in [2.75, 3.05) is 19.6 Å². The maximum Gasteiger partial charge on any atom is 0.239 e. The predicted octanol–water partition coefficient (Wildman–Crippen LogP) is 1.16. The third-order valence-corrected chi connectivity index (χ3v) is 2.51. The lowest BCUT2D eigenvalue weighted by Gasteiger charge is -2.24. The number of amides is 1. The van der Waals surface area contributed by atoms with Gasteiger partial charge >= 0.3 is 0 Å². The Morgan fingerprint density at radius 2 is 2.36 bits per heavy atom. The molecule has 1 rings (SSSR count). The van der Waals surface area contributed by atoms with Gasteiger partial charge in [0.2, 0.25) is 5.91 Å². The molecule has 0 spiro atoms. The molecule has 1 fully saturated rings. The summed E-state index contributed by atoms with van der Waals surface area (Å²) in [6, 6.07) is 0.0503. The van der Waals surface area contributed by atoms with Gasteiger partial charge in [0, 0.05) is 13.1 Å². The second kappa shape index (κ2) is 5.15. The molecular weight excluding hydrogens is 176 g/mol. The summed E-state index contributed by atoms with van der Waals surface area (Å²) in [4.78, 5) is 13.8. The molecule has 1 aliphatic rings. The predicted molar refractivity (Wildman–Crippen MR) is 58.1 cm³/mol. The molecule has 0 aromatic rings. The molecule has 0 unspecified atom stereocenters. The fourth-order valence-electron chi connectivity index (χ4n) is 1.79. The van der Waals surface area contributed by atoms with E-state index in [0.29, 0.717) is 6.54 Å². The Kier molecular flexibility index (Phi) is 4.14. The highest BCUT2D eigenvalue weighted by Gasteiger charge is 2.25. The Bertz CT molecular complexity index is 219. The van der Waals surface area contributed by atoms with Crippen molar-refractivity contribution < 1.29 is 4.79 Å². The number of rotatable bonds is 4. The van der Waals surface area contributed by atoms with Crippen molar-refractivity contribution in [3.63, 3.8) is 0 Å². The normalized spacial score (nSPS) is 20.9. The Morgan fingerprint density at radius 1 is 1.64 bits per heavy atom. The van der Waals surface area contributed by atoms with Crippen LogP contribution in [0.2, 0.25) is 0 Å². The first-order valence-electron chi connectivity index (χ1n) is 5.31. The molecule has 14 heavy (non-hydrogen) atoms. The van der Waals surface area contributed by atoms with E-state index in [2.05, 4.69) is 11.9 Å². The summed E-state index contributed by atoms with van der Waals surface area (Å²) in [5.41, 5.74) is 1.04. The fraction of sp³-hybridized carbons (Fsp3) is 0.727. The topological polar surface area (TPSA) is 32.3 Å². The average molecular weight is 196 g/mol. The monoisotopic (exact) mass is 196 g/mol. The third kappa shape index (κ3) is 2.84. The third-order valence-electron chi connectivity index (χ3n) is 2.51. The summed E-state index contributed by atoms with van der Waals surface area (Å²) in [5.74, 6) is 0.230. The number of hydrogen-bond donors (Lipinski definition) is 1. The number of carbonyl (C=O) groups is 1. The zero-order valence-electron chi connectivity index (χ0n) is 9.18. The standard InChI is InChI=1S/C11H20N2O/c1-4-13(8-9(2)3)11(14)10-6-5-7-12-10/h10,12H,2,4-8H2,1,3H3/t10-/m0/s1. The molecule has 1 amide bonds. The minimum atomic E-state index is 0.0503. The quantitative estimate of drug-likeness (QED) is 0.684. The van der Waals surface area contributed by atoms with Crippen LogP contribution in [0.4, 0.5) is 0 Å². The SMILES string of the molecule is C=C(C)CN(CC)C(=O)[C@@H]1CCCN1. The molecule has 0 aromatic heterocycles. The van der Waals surface area contributed by atoms with Crippen molar-refractivity contribution in [2.24, 2.45) is 0 Å². The zero-order valence-corrected chi connectivity index (χ0v) is 9.18. The maximum atomic E-state index is 11.9. The molecule has 1 atom stereocenters. The molecular formula is C11H20N2O. The zero-order chi connectivity index (χ0) is 10.6. The van der Waals surface area contributed by atoms with Crippen LogP contribution >= 0.6 is 0 Å². The lowest BCUT2D eigenvalue weighted by Crippen LogP contribution is -2.44. The van der Waals surface area contributed by atoms with Gasteiger partial charge < -0.3 is 10.2 Å². The van der Waals surface area contributed by atoms with E-state index < -0.39 is 0 Å². The van der Waals surface area contributed by atoms with Gasteiger partial charge in [-0.1, -0.05) is 12.2 Å². The van der Waals surface area contributed by atoms with Gasteiger partial charge in [0.15, 0.2) is 0 Å². The van der Waals surface area contributed by atoms with Gasteiger partial charge in [0.1, 0.15) is 0 Å². The lowest BCUT2D eigenvalue weighted by molar-refractivity contribution is -0.132. The molecule has 1 heterocycles. The van der Waals surface area contributed by atoms with Gasteiger partial charge in [-0.05, 0) is 33.2 Å². The van der Waals surface area contributed by atoms with Crippen LogP contribution < -0.4 is 5.32 Å². The van der Waals surface area contributed by atoms with Crippen molar-refractivity contribution in [1.29, 1.82) is 0 Å². The smallest absolute Gasteiger partial charge is 0.239 e. The summed E-state index contributed by atoms with van der Waals surface area (Å²) in [6.45, 7) is 10.2. The van der Waals surface area contributed by atoms with E-state index in [-0.39, 0.29) is 11.9 Å². The van der Waals surface area contributed by atoms with Crippen LogP contribution in [0.1, 0.15) is 26.7 Å². The number of likely N-dealkylation sites (N-methyl/N-ethyl adjacent to an activating group) is 1. The Balaban J connectivity index is 2.50. The molecule has 3 nitrogen and oxygen atoms in total. The number of carbonyl (C=O) groups excluding carboxylic acids is 1. The molecule has 1 saturated heterocycles. The molecule has 3 heteroatoms. The van der Waals surface area contributed by atoms with Crippen LogP contribution in [0, 0.1) is 0 Å². The second-order valence-electron chi connectivity index (χ2n) is 3.96. The number of nitrogens with one attached hydrogen (secondary N) is 1. The van der Waals surface area contributed by atoms with Gasteiger partial charge in [-0.15, -0.1) is 0 Å². The molecule has 1 aliphatic heterocycles. The van der Waals surface area contributed by atoms with E-state index in [9.17, 15) is 4.79 Å². The van der Waals surface area contributed by atoms with Crippen molar-refractivity contribution in [2.45, 2.75) is 32.7 Å². The summed E-state index contributed by atoms with van der Waals surface area (Å²) < 4.78 is 0. The first kappa shape index (κ1) is 11.2. The first-order chi connectivity index (χ1) is 6.65. The number of hydrogen-bond acceptors (Lipinski definition) is 2. The minimum absolute atomic E-state index is 0.0503. The first-order valence-corrected chi connectivity index (χ1v) is 5.31. The molecule has 0 bridgehead atoms. The highest BCUT2D eigenvalue weighted by molar-refractivity contribution is 5.82. The van der Waals surface area contributed by atoms with Crippen molar-refractivity contribution in [3.05, 3.63) is 12.2 Å². The van der Waals surface area contributed by atoms with Crippen LogP contribution in [-0.4, -0.2) is 36.5 Å². The van der Waals surface area contributed by atoms with Crippen LogP contribution in [0.25, 0.3) is 0 Å². The van der Waals surface area contributed by atoms with E-state index >= 15 is 0 Å². The molecule has 0 aromatic carbocycles. The van der Waals surface area contributed by atoms with Gasteiger partial charge in [-0.3, -0.25) is 4.79 Å². The molecule has 1 N–H and O–H groups in total. The van der Waals surface area contributed by atoms with Crippen LogP contribution in [-0.2, 0) is 4.79 Å². The summed E-state index contributed by atoms with van der Waals surface area (Å²) in [6.07, 6.45) is 2.09. The number of nitrogens with zero attached hydrogens (tertiary/aromatic N) is 1. The lowest BCUT2D eigenvalue weighted by atomic mass is 10.2. The van der Waals surface area contributed by atoms with E-state index in [4.69, 9.17) is 0 Å². The van der Waals surface area contributed by atoms with E-state index in [1.807, 2.05) is 18.7 Å². The Hall–Kier alpha value is -0.830. The van der Waals surface area contributed by atoms with Gasteiger partial charge in [0.05, 0.1) is 6.04 Å². The maximum absolute atomic E-state index is 11.9. The highest BCUT2D eigenvalue weighted by atomic mass is 16.2. The van der Waals surface area contributed by atoms with Gasteiger partial charge in [-0.25, -0.2) is 0 Å². The Morgan fingerprint density at radius 3 is 2.79 bits per heavy atom.